The Kier molecular flexibility index (Phi) is 7.97. The predicted octanol–water partition coefficient (Wildman–Crippen LogP) is 5.30. The van der Waals surface area contributed by atoms with E-state index in [1.165, 1.54) is 77.2 Å². The van der Waals surface area contributed by atoms with Gasteiger partial charge in [0.1, 0.15) is 0 Å². The lowest BCUT2D eigenvalue weighted by Crippen LogP contribution is -2.34. The largest absolute Gasteiger partial charge is 0.313 e. The van der Waals surface area contributed by atoms with Gasteiger partial charge in [-0.05, 0) is 37.5 Å². The van der Waals surface area contributed by atoms with Crippen molar-refractivity contribution in [1.82, 2.24) is 5.32 Å². The summed E-state index contributed by atoms with van der Waals surface area (Å²) in [5.41, 5.74) is 0.702. The average Bonchev–Trinajstić information content (AvgIpc) is 3.16. The molecule has 0 amide bonds. The SMILES string of the molecule is CCCCCC(CCCCC)NCC1(CC)CC1. The van der Waals surface area contributed by atoms with Gasteiger partial charge in [-0.25, -0.2) is 0 Å². The molecule has 1 N–H and O–H groups in total. The molecule has 0 saturated heterocycles. The summed E-state index contributed by atoms with van der Waals surface area (Å²) in [6, 6.07) is 0.798. The maximum atomic E-state index is 3.89. The Labute approximate surface area is 115 Å². The standard InChI is InChI=1S/C17H35N/c1-4-7-9-11-16(12-10-8-5-2)18-15-17(6-3)13-14-17/h16,18H,4-15H2,1-3H3. The molecule has 0 aromatic carbocycles. The van der Waals surface area contributed by atoms with Gasteiger partial charge in [-0.15, -0.1) is 0 Å². The number of hydrogen-bond acceptors (Lipinski definition) is 1. The average molecular weight is 253 g/mol. The Hall–Kier alpha value is -0.0400. The van der Waals surface area contributed by atoms with Gasteiger partial charge in [-0.3, -0.25) is 0 Å². The molecule has 0 aliphatic heterocycles. The third-order valence-corrected chi connectivity index (χ3v) is 4.79. The van der Waals surface area contributed by atoms with Gasteiger partial charge in [0.05, 0.1) is 0 Å². The fourth-order valence-electron chi connectivity index (χ4n) is 2.82. The van der Waals surface area contributed by atoms with Crippen LogP contribution < -0.4 is 5.32 Å². The Morgan fingerprint density at radius 3 is 1.83 bits per heavy atom. The van der Waals surface area contributed by atoms with Crippen molar-refractivity contribution < 1.29 is 0 Å². The molecule has 1 fully saturated rings. The molecular weight excluding hydrogens is 218 g/mol. The van der Waals surface area contributed by atoms with Crippen LogP contribution in [0.5, 0.6) is 0 Å². The fraction of sp³-hybridized carbons (Fsp3) is 1.00. The van der Waals surface area contributed by atoms with Crippen LogP contribution >= 0.6 is 0 Å². The van der Waals surface area contributed by atoms with Gasteiger partial charge in [0.15, 0.2) is 0 Å². The van der Waals surface area contributed by atoms with Crippen molar-refractivity contribution in [3.63, 3.8) is 0 Å². The van der Waals surface area contributed by atoms with Crippen molar-refractivity contribution in [3.05, 3.63) is 0 Å². The molecule has 1 aliphatic rings. The molecule has 18 heavy (non-hydrogen) atoms. The second-order valence-electron chi connectivity index (χ2n) is 6.42. The van der Waals surface area contributed by atoms with E-state index in [0.29, 0.717) is 5.41 Å². The second-order valence-corrected chi connectivity index (χ2v) is 6.42. The first-order chi connectivity index (χ1) is 8.76. The van der Waals surface area contributed by atoms with Crippen LogP contribution in [0.25, 0.3) is 0 Å². The van der Waals surface area contributed by atoms with Crippen molar-refractivity contribution in [2.75, 3.05) is 6.54 Å². The van der Waals surface area contributed by atoms with Gasteiger partial charge < -0.3 is 5.32 Å². The fourth-order valence-corrected chi connectivity index (χ4v) is 2.82. The summed E-state index contributed by atoms with van der Waals surface area (Å²) in [5.74, 6) is 0. The first kappa shape index (κ1) is 16.0. The molecule has 108 valence electrons. The zero-order valence-corrected chi connectivity index (χ0v) is 13.1. The van der Waals surface area contributed by atoms with Gasteiger partial charge in [0, 0.05) is 12.6 Å². The van der Waals surface area contributed by atoms with Crippen LogP contribution in [0.1, 0.15) is 91.4 Å². The highest BCUT2D eigenvalue weighted by Gasteiger charge is 2.40. The Morgan fingerprint density at radius 1 is 0.889 bits per heavy atom. The minimum atomic E-state index is 0.702. The van der Waals surface area contributed by atoms with Gasteiger partial charge in [0.25, 0.3) is 0 Å². The maximum Gasteiger partial charge on any atom is 0.00672 e. The minimum absolute atomic E-state index is 0.702. The second kappa shape index (κ2) is 8.96. The van der Waals surface area contributed by atoms with E-state index in [2.05, 4.69) is 26.1 Å². The predicted molar refractivity (Wildman–Crippen MR) is 82.0 cm³/mol. The van der Waals surface area contributed by atoms with Crippen LogP contribution in [0.4, 0.5) is 0 Å². The van der Waals surface area contributed by atoms with Crippen molar-refractivity contribution >= 4 is 0 Å². The Balaban J connectivity index is 2.19. The van der Waals surface area contributed by atoms with E-state index in [0.717, 1.165) is 6.04 Å². The summed E-state index contributed by atoms with van der Waals surface area (Å²) in [6.45, 7) is 8.25. The lowest BCUT2D eigenvalue weighted by Gasteiger charge is -2.22. The lowest BCUT2D eigenvalue weighted by molar-refractivity contribution is 0.360. The Morgan fingerprint density at radius 2 is 1.44 bits per heavy atom. The highest BCUT2D eigenvalue weighted by Crippen LogP contribution is 2.48. The molecule has 1 heteroatoms. The lowest BCUT2D eigenvalue weighted by atomic mass is 9.99. The zero-order chi connectivity index (χ0) is 13.3. The van der Waals surface area contributed by atoms with Crippen molar-refractivity contribution in [3.8, 4) is 0 Å². The first-order valence-electron chi connectivity index (χ1n) is 8.49. The quantitative estimate of drug-likeness (QED) is 0.466. The molecular formula is C17H35N. The van der Waals surface area contributed by atoms with Crippen LogP contribution in [-0.4, -0.2) is 12.6 Å². The summed E-state index contributed by atoms with van der Waals surface area (Å²) in [7, 11) is 0. The van der Waals surface area contributed by atoms with Crippen LogP contribution in [-0.2, 0) is 0 Å². The van der Waals surface area contributed by atoms with E-state index < -0.39 is 0 Å². The zero-order valence-electron chi connectivity index (χ0n) is 13.1. The number of nitrogens with one attached hydrogen (secondary N) is 1. The van der Waals surface area contributed by atoms with E-state index in [1.807, 2.05) is 0 Å². The molecule has 0 bridgehead atoms. The molecule has 0 atom stereocenters. The molecule has 0 aromatic rings. The van der Waals surface area contributed by atoms with Gasteiger partial charge in [0.2, 0.25) is 0 Å². The van der Waals surface area contributed by atoms with Crippen LogP contribution in [0.15, 0.2) is 0 Å². The normalized spacial score (nSPS) is 17.3. The van der Waals surface area contributed by atoms with E-state index >= 15 is 0 Å². The van der Waals surface area contributed by atoms with Crippen molar-refractivity contribution in [2.45, 2.75) is 97.4 Å². The molecule has 1 saturated carbocycles. The van der Waals surface area contributed by atoms with Gasteiger partial charge >= 0.3 is 0 Å². The molecule has 0 heterocycles. The van der Waals surface area contributed by atoms with E-state index in [1.54, 1.807) is 0 Å². The summed E-state index contributed by atoms with van der Waals surface area (Å²) in [4.78, 5) is 0. The topological polar surface area (TPSA) is 12.0 Å². The third kappa shape index (κ3) is 6.22. The summed E-state index contributed by atoms with van der Waals surface area (Å²) in [6.07, 6.45) is 15.4. The molecule has 0 spiro atoms. The maximum absolute atomic E-state index is 3.89. The molecule has 1 aliphatic carbocycles. The number of hydrogen-bond donors (Lipinski definition) is 1. The Bertz CT molecular complexity index is 186. The first-order valence-corrected chi connectivity index (χ1v) is 8.49. The third-order valence-electron chi connectivity index (χ3n) is 4.79. The molecule has 1 rings (SSSR count). The highest BCUT2D eigenvalue weighted by atomic mass is 14.9. The summed E-state index contributed by atoms with van der Waals surface area (Å²) >= 11 is 0. The van der Waals surface area contributed by atoms with Crippen LogP contribution in [0, 0.1) is 5.41 Å². The van der Waals surface area contributed by atoms with E-state index in [4.69, 9.17) is 0 Å². The van der Waals surface area contributed by atoms with Crippen molar-refractivity contribution in [2.24, 2.45) is 5.41 Å². The summed E-state index contributed by atoms with van der Waals surface area (Å²) < 4.78 is 0. The number of unbranched alkanes of at least 4 members (excludes halogenated alkanes) is 4. The van der Waals surface area contributed by atoms with Crippen LogP contribution in [0.2, 0.25) is 0 Å². The molecule has 0 radical (unpaired) electrons. The van der Waals surface area contributed by atoms with E-state index in [-0.39, 0.29) is 0 Å². The monoisotopic (exact) mass is 253 g/mol. The highest BCUT2D eigenvalue weighted by molar-refractivity contribution is 4.94. The van der Waals surface area contributed by atoms with Crippen LogP contribution in [0.3, 0.4) is 0 Å². The minimum Gasteiger partial charge on any atom is -0.313 e. The van der Waals surface area contributed by atoms with Gasteiger partial charge in [-0.2, -0.15) is 0 Å². The van der Waals surface area contributed by atoms with E-state index in [9.17, 15) is 0 Å². The molecule has 0 aromatic heterocycles. The molecule has 1 nitrogen and oxygen atoms in total. The smallest absolute Gasteiger partial charge is 0.00672 e. The van der Waals surface area contributed by atoms with Crippen molar-refractivity contribution in [1.29, 1.82) is 0 Å². The summed E-state index contributed by atoms with van der Waals surface area (Å²) in [5, 5.41) is 3.89. The number of rotatable bonds is 12. The molecule has 0 unspecified atom stereocenters. The van der Waals surface area contributed by atoms with Gasteiger partial charge in [-0.1, -0.05) is 59.3 Å².